The Balaban J connectivity index is 2.61. The molecule has 0 aliphatic carbocycles. The number of rotatable bonds is 11. The van der Waals surface area contributed by atoms with Crippen molar-refractivity contribution in [2.45, 2.75) is 90.4 Å². The van der Waals surface area contributed by atoms with Crippen LogP contribution in [0.3, 0.4) is 0 Å². The van der Waals surface area contributed by atoms with Gasteiger partial charge in [0, 0.05) is 0 Å². The summed E-state index contributed by atoms with van der Waals surface area (Å²) in [5.41, 5.74) is -1.81. The minimum absolute atomic E-state index is 0.168. The lowest BCUT2D eigenvalue weighted by Gasteiger charge is -2.46. The van der Waals surface area contributed by atoms with Crippen molar-refractivity contribution in [3.05, 3.63) is 71.8 Å². The van der Waals surface area contributed by atoms with Crippen LogP contribution in [-0.4, -0.2) is 16.8 Å². The van der Waals surface area contributed by atoms with E-state index in [0.717, 1.165) is 19.3 Å². The normalized spacial score (nSPS) is 15.1. The van der Waals surface area contributed by atoms with Crippen LogP contribution in [0.5, 0.6) is 0 Å². The molecule has 31 heavy (non-hydrogen) atoms. The van der Waals surface area contributed by atoms with Gasteiger partial charge in [0.15, 0.2) is 11.2 Å². The standard InChI is InChI=1S/C28H39NO2/c1-6-7-8-9-16-21-27(22-29,31-23(2)26(3,4)5)28(30,24-17-12-10-13-18-24)25-19-14-11-15-20-25/h10-15,17-20,23,30H,6-9,16,21H2,1-5H3/t23-,27-/m1/s1. The Bertz CT molecular complexity index is 780. The van der Waals surface area contributed by atoms with Gasteiger partial charge in [-0.05, 0) is 36.3 Å². The lowest BCUT2D eigenvalue weighted by Crippen LogP contribution is -2.56. The lowest BCUT2D eigenvalue weighted by molar-refractivity contribution is -0.184. The molecule has 3 nitrogen and oxygen atoms in total. The quantitative estimate of drug-likeness (QED) is 0.398. The van der Waals surface area contributed by atoms with Crippen LogP contribution in [-0.2, 0) is 10.3 Å². The minimum atomic E-state index is -1.59. The second kappa shape index (κ2) is 10.9. The van der Waals surface area contributed by atoms with Gasteiger partial charge in [0.1, 0.15) is 6.07 Å². The predicted octanol–water partition coefficient (Wildman–Crippen LogP) is 7.00. The van der Waals surface area contributed by atoms with E-state index in [4.69, 9.17) is 4.74 Å². The van der Waals surface area contributed by atoms with Gasteiger partial charge in [-0.3, -0.25) is 0 Å². The van der Waals surface area contributed by atoms with Crippen LogP contribution in [0, 0.1) is 16.7 Å². The average Bonchev–Trinajstić information content (AvgIpc) is 2.78. The highest BCUT2D eigenvalue weighted by atomic mass is 16.5. The first-order valence-corrected chi connectivity index (χ1v) is 11.6. The molecule has 0 aliphatic heterocycles. The molecule has 2 aromatic rings. The smallest absolute Gasteiger partial charge is 0.191 e. The summed E-state index contributed by atoms with van der Waals surface area (Å²) in [6.07, 6.45) is 5.56. The maximum Gasteiger partial charge on any atom is 0.191 e. The highest BCUT2D eigenvalue weighted by molar-refractivity contribution is 5.43. The largest absolute Gasteiger partial charge is 0.376 e. The van der Waals surface area contributed by atoms with Crippen molar-refractivity contribution in [1.82, 2.24) is 0 Å². The number of hydrogen-bond acceptors (Lipinski definition) is 3. The van der Waals surface area contributed by atoms with Crippen molar-refractivity contribution >= 4 is 0 Å². The van der Waals surface area contributed by atoms with E-state index in [1.54, 1.807) is 0 Å². The van der Waals surface area contributed by atoms with Gasteiger partial charge in [0.25, 0.3) is 0 Å². The second-order valence-corrected chi connectivity index (χ2v) is 9.67. The van der Waals surface area contributed by atoms with Crippen LogP contribution in [0.4, 0.5) is 0 Å². The molecule has 168 valence electrons. The van der Waals surface area contributed by atoms with E-state index in [2.05, 4.69) is 33.8 Å². The number of unbranched alkanes of at least 4 members (excludes halogenated alkanes) is 4. The first-order valence-electron chi connectivity index (χ1n) is 11.6. The zero-order valence-electron chi connectivity index (χ0n) is 19.9. The van der Waals surface area contributed by atoms with E-state index in [1.807, 2.05) is 67.6 Å². The number of nitriles is 1. The SMILES string of the molecule is CCCCCCC[C@](C#N)(O[C@H](C)C(C)(C)C)C(O)(c1ccccc1)c1ccccc1. The summed E-state index contributed by atoms with van der Waals surface area (Å²) < 4.78 is 6.62. The summed E-state index contributed by atoms with van der Waals surface area (Å²) in [5, 5.41) is 23.1. The van der Waals surface area contributed by atoms with Crippen molar-refractivity contribution in [3.8, 4) is 6.07 Å². The number of hydrogen-bond donors (Lipinski definition) is 1. The van der Waals surface area contributed by atoms with E-state index in [-0.39, 0.29) is 11.5 Å². The van der Waals surface area contributed by atoms with Gasteiger partial charge >= 0.3 is 0 Å². The molecule has 0 saturated heterocycles. The molecule has 0 aromatic heterocycles. The molecule has 0 radical (unpaired) electrons. The molecule has 0 unspecified atom stereocenters. The summed E-state index contributed by atoms with van der Waals surface area (Å²) in [6.45, 7) is 10.5. The first-order chi connectivity index (χ1) is 14.7. The molecule has 0 amide bonds. The van der Waals surface area contributed by atoms with Crippen molar-refractivity contribution in [2.75, 3.05) is 0 Å². The molecule has 2 aromatic carbocycles. The summed E-state index contributed by atoms with van der Waals surface area (Å²) in [7, 11) is 0. The fourth-order valence-electron chi connectivity index (χ4n) is 3.94. The Hall–Kier alpha value is -2.15. The molecular formula is C28H39NO2. The Morgan fingerprint density at radius 3 is 1.77 bits per heavy atom. The fourth-order valence-corrected chi connectivity index (χ4v) is 3.94. The van der Waals surface area contributed by atoms with Crippen molar-refractivity contribution in [2.24, 2.45) is 5.41 Å². The van der Waals surface area contributed by atoms with Crippen LogP contribution in [0.2, 0.25) is 0 Å². The Labute approximate surface area is 189 Å². The summed E-state index contributed by atoms with van der Waals surface area (Å²) in [6, 6.07) is 21.5. The Morgan fingerprint density at radius 1 is 0.871 bits per heavy atom. The number of benzene rings is 2. The summed E-state index contributed by atoms with van der Waals surface area (Å²) in [5.74, 6) is 0. The fraction of sp³-hybridized carbons (Fsp3) is 0.536. The number of nitrogens with zero attached hydrogens (tertiary/aromatic N) is 1. The van der Waals surface area contributed by atoms with Gasteiger partial charge in [-0.1, -0.05) is 114 Å². The zero-order chi connectivity index (χ0) is 23.0. The Morgan fingerprint density at radius 2 is 1.35 bits per heavy atom. The van der Waals surface area contributed by atoms with E-state index in [9.17, 15) is 10.4 Å². The van der Waals surface area contributed by atoms with Gasteiger partial charge in [0.2, 0.25) is 0 Å². The molecule has 0 spiro atoms. The number of ether oxygens (including phenoxy) is 1. The van der Waals surface area contributed by atoms with Gasteiger partial charge < -0.3 is 9.84 Å². The molecule has 0 saturated carbocycles. The van der Waals surface area contributed by atoms with E-state index >= 15 is 0 Å². The third-order valence-corrected chi connectivity index (χ3v) is 6.38. The van der Waals surface area contributed by atoms with E-state index < -0.39 is 11.2 Å². The lowest BCUT2D eigenvalue weighted by atomic mass is 9.70. The molecule has 1 N–H and O–H groups in total. The molecule has 2 rings (SSSR count). The minimum Gasteiger partial charge on any atom is -0.376 e. The predicted molar refractivity (Wildman–Crippen MR) is 128 cm³/mol. The van der Waals surface area contributed by atoms with Crippen LogP contribution in [0.25, 0.3) is 0 Å². The monoisotopic (exact) mass is 421 g/mol. The first kappa shape index (κ1) is 25.1. The summed E-state index contributed by atoms with van der Waals surface area (Å²) in [4.78, 5) is 0. The number of aliphatic hydroxyl groups is 1. The molecule has 0 aliphatic rings. The van der Waals surface area contributed by atoms with Crippen molar-refractivity contribution in [1.29, 1.82) is 5.26 Å². The molecular weight excluding hydrogens is 382 g/mol. The molecule has 0 heterocycles. The zero-order valence-corrected chi connectivity index (χ0v) is 19.9. The molecule has 0 fully saturated rings. The molecule has 3 heteroatoms. The highest BCUT2D eigenvalue weighted by Gasteiger charge is 2.55. The van der Waals surface area contributed by atoms with Crippen molar-refractivity contribution in [3.63, 3.8) is 0 Å². The second-order valence-electron chi connectivity index (χ2n) is 9.67. The Kier molecular flexibility index (Phi) is 8.86. The third-order valence-electron chi connectivity index (χ3n) is 6.38. The van der Waals surface area contributed by atoms with Crippen LogP contribution < -0.4 is 0 Å². The van der Waals surface area contributed by atoms with Crippen LogP contribution >= 0.6 is 0 Å². The third kappa shape index (κ3) is 5.76. The maximum atomic E-state index is 12.4. The van der Waals surface area contributed by atoms with Crippen LogP contribution in [0.1, 0.15) is 84.3 Å². The highest BCUT2D eigenvalue weighted by Crippen LogP contribution is 2.46. The average molecular weight is 422 g/mol. The van der Waals surface area contributed by atoms with E-state index in [0.29, 0.717) is 17.5 Å². The van der Waals surface area contributed by atoms with Crippen LogP contribution in [0.15, 0.2) is 60.7 Å². The van der Waals surface area contributed by atoms with Gasteiger partial charge in [-0.25, -0.2) is 0 Å². The maximum absolute atomic E-state index is 12.4. The van der Waals surface area contributed by atoms with Gasteiger partial charge in [-0.15, -0.1) is 0 Å². The summed E-state index contributed by atoms with van der Waals surface area (Å²) >= 11 is 0. The van der Waals surface area contributed by atoms with E-state index in [1.165, 1.54) is 12.8 Å². The molecule has 0 bridgehead atoms. The van der Waals surface area contributed by atoms with Gasteiger partial charge in [0.05, 0.1) is 6.10 Å². The van der Waals surface area contributed by atoms with Gasteiger partial charge in [-0.2, -0.15) is 5.26 Å². The van der Waals surface area contributed by atoms with Crippen molar-refractivity contribution < 1.29 is 9.84 Å². The molecule has 2 atom stereocenters. The topological polar surface area (TPSA) is 53.2 Å².